The maximum absolute atomic E-state index is 6.56. The van der Waals surface area contributed by atoms with Gasteiger partial charge < -0.3 is 4.74 Å². The molecular weight excluding hydrogens is 578 g/mol. The first-order valence-corrected chi connectivity index (χ1v) is 16.2. The molecule has 0 amide bonds. The van der Waals surface area contributed by atoms with E-state index in [9.17, 15) is 0 Å². The highest BCUT2D eigenvalue weighted by atomic mass is 16.5. The van der Waals surface area contributed by atoms with E-state index in [0.717, 1.165) is 60.8 Å². The Balaban J connectivity index is 1.20. The van der Waals surface area contributed by atoms with E-state index in [1.165, 1.54) is 27.6 Å². The molecule has 0 aliphatic carbocycles. The van der Waals surface area contributed by atoms with E-state index in [1.807, 2.05) is 49.3 Å². The van der Waals surface area contributed by atoms with Crippen LogP contribution in [-0.4, -0.2) is 23.8 Å². The number of nitrogens with zero attached hydrogens (tertiary/aromatic N) is 5. The van der Waals surface area contributed by atoms with Gasteiger partial charge in [0.1, 0.15) is 22.8 Å². The number of hydrogen-bond donors (Lipinski definition) is 0. The molecule has 5 heterocycles. The molecular formula is C41H33N5O. The Kier molecular flexibility index (Phi) is 6.09. The maximum atomic E-state index is 6.56. The van der Waals surface area contributed by atoms with Crippen LogP contribution >= 0.6 is 0 Å². The Morgan fingerprint density at radius 1 is 0.553 bits per heavy atom. The van der Waals surface area contributed by atoms with Crippen molar-refractivity contribution in [2.75, 3.05) is 0 Å². The summed E-state index contributed by atoms with van der Waals surface area (Å²) in [7, 11) is 0. The standard InChI is InChI=1S/C41H33N5O/c1-24(2)29-6-5-7-30(25(3)4)39(29)26-8-13-37-33(20-26)31-11-9-27(21-34(31)40-43-16-18-45(37)40)47-28-10-12-32-35(22-28)41-44-17-19-46(41)38-14-15-42-23-36(32)38/h5-25H,1-4H3. The fourth-order valence-corrected chi connectivity index (χ4v) is 7.35. The van der Waals surface area contributed by atoms with Crippen LogP contribution in [0.25, 0.3) is 65.8 Å². The van der Waals surface area contributed by atoms with Crippen LogP contribution in [0.15, 0.2) is 116 Å². The zero-order valence-corrected chi connectivity index (χ0v) is 26.8. The number of fused-ring (bicyclic) bond motifs is 12. The molecule has 0 spiro atoms. The molecule has 0 saturated heterocycles. The second-order valence-electron chi connectivity index (χ2n) is 13.0. The van der Waals surface area contributed by atoms with Gasteiger partial charge in [-0.3, -0.25) is 13.8 Å². The van der Waals surface area contributed by atoms with E-state index in [1.54, 1.807) is 0 Å². The number of benzene rings is 4. The van der Waals surface area contributed by atoms with Crippen LogP contribution in [0.5, 0.6) is 11.5 Å². The van der Waals surface area contributed by atoms with Crippen molar-refractivity contribution in [3.05, 3.63) is 127 Å². The average molecular weight is 612 g/mol. The molecule has 4 aromatic carbocycles. The minimum Gasteiger partial charge on any atom is -0.457 e. The Morgan fingerprint density at radius 3 is 1.77 bits per heavy atom. The first kappa shape index (κ1) is 27.6. The largest absolute Gasteiger partial charge is 0.457 e. The van der Waals surface area contributed by atoms with E-state index < -0.39 is 0 Å². The Labute approximate surface area is 271 Å². The lowest BCUT2D eigenvalue weighted by Crippen LogP contribution is -2.00. The highest BCUT2D eigenvalue weighted by molar-refractivity contribution is 6.13. The van der Waals surface area contributed by atoms with Gasteiger partial charge >= 0.3 is 0 Å². The number of rotatable bonds is 5. The summed E-state index contributed by atoms with van der Waals surface area (Å²) in [6.07, 6.45) is 11.5. The molecule has 0 N–H and O–H groups in total. The monoisotopic (exact) mass is 611 g/mol. The first-order valence-electron chi connectivity index (χ1n) is 16.2. The van der Waals surface area contributed by atoms with Gasteiger partial charge in [-0.1, -0.05) is 52.0 Å². The van der Waals surface area contributed by atoms with Crippen LogP contribution in [0.2, 0.25) is 0 Å². The maximum Gasteiger partial charge on any atom is 0.145 e. The van der Waals surface area contributed by atoms with Crippen molar-refractivity contribution >= 4 is 54.6 Å². The van der Waals surface area contributed by atoms with E-state index in [0.29, 0.717) is 11.8 Å². The van der Waals surface area contributed by atoms with Gasteiger partial charge in [-0.15, -0.1) is 0 Å². The molecule has 228 valence electrons. The van der Waals surface area contributed by atoms with Gasteiger partial charge in [-0.25, -0.2) is 9.97 Å². The summed E-state index contributed by atoms with van der Waals surface area (Å²) >= 11 is 0. The van der Waals surface area contributed by atoms with Crippen molar-refractivity contribution in [2.24, 2.45) is 0 Å². The lowest BCUT2D eigenvalue weighted by molar-refractivity contribution is 0.484. The van der Waals surface area contributed by atoms with Gasteiger partial charge in [-0.2, -0.15) is 0 Å². The number of ether oxygens (including phenoxy) is 1. The highest BCUT2D eigenvalue weighted by Crippen LogP contribution is 2.40. The number of pyridine rings is 3. The summed E-state index contributed by atoms with van der Waals surface area (Å²) in [5.41, 5.74) is 9.38. The zero-order chi connectivity index (χ0) is 31.8. The average Bonchev–Trinajstić information content (AvgIpc) is 3.79. The number of imidazole rings is 2. The molecule has 9 aromatic rings. The molecule has 6 nitrogen and oxygen atoms in total. The van der Waals surface area contributed by atoms with Crippen LogP contribution in [0.1, 0.15) is 50.7 Å². The molecule has 9 rings (SSSR count). The van der Waals surface area contributed by atoms with E-state index in [4.69, 9.17) is 9.72 Å². The molecule has 0 unspecified atom stereocenters. The molecule has 0 aliphatic heterocycles. The Morgan fingerprint density at radius 2 is 1.15 bits per heavy atom. The van der Waals surface area contributed by atoms with Gasteiger partial charge in [0.25, 0.3) is 0 Å². The SMILES string of the molecule is CC(C)c1cccc(C(C)C)c1-c1ccc2c(c1)c1ccc(Oc3ccc4c5cnccc5n5ccnc5c4c3)cc1c1nccn21. The molecule has 0 atom stereocenters. The molecule has 0 saturated carbocycles. The normalized spacial score (nSPS) is 12.2. The van der Waals surface area contributed by atoms with E-state index in [-0.39, 0.29) is 0 Å². The number of aromatic nitrogens is 5. The summed E-state index contributed by atoms with van der Waals surface area (Å²) in [4.78, 5) is 13.9. The quantitative estimate of drug-likeness (QED) is 0.182. The summed E-state index contributed by atoms with van der Waals surface area (Å²) in [6, 6.07) is 28.2. The van der Waals surface area contributed by atoms with Crippen LogP contribution < -0.4 is 4.74 Å². The van der Waals surface area contributed by atoms with Crippen molar-refractivity contribution in [2.45, 2.75) is 39.5 Å². The third-order valence-corrected chi connectivity index (χ3v) is 9.54. The zero-order valence-electron chi connectivity index (χ0n) is 26.8. The van der Waals surface area contributed by atoms with E-state index >= 15 is 0 Å². The third-order valence-electron chi connectivity index (χ3n) is 9.54. The predicted octanol–water partition coefficient (Wildman–Crippen LogP) is 10.7. The van der Waals surface area contributed by atoms with Gasteiger partial charge in [-0.05, 0) is 99.5 Å². The molecule has 5 aromatic heterocycles. The molecule has 0 fully saturated rings. The molecule has 0 bridgehead atoms. The topological polar surface area (TPSA) is 56.7 Å². The lowest BCUT2D eigenvalue weighted by Gasteiger charge is -2.21. The van der Waals surface area contributed by atoms with Crippen molar-refractivity contribution in [3.63, 3.8) is 0 Å². The summed E-state index contributed by atoms with van der Waals surface area (Å²) in [5, 5.41) is 6.58. The fourth-order valence-electron chi connectivity index (χ4n) is 7.35. The van der Waals surface area contributed by atoms with Crippen molar-refractivity contribution < 1.29 is 4.74 Å². The van der Waals surface area contributed by atoms with Gasteiger partial charge in [0.05, 0.1) is 11.0 Å². The summed E-state index contributed by atoms with van der Waals surface area (Å²) in [5.74, 6) is 2.34. The molecule has 0 radical (unpaired) electrons. The van der Waals surface area contributed by atoms with Crippen LogP contribution in [0.4, 0.5) is 0 Å². The summed E-state index contributed by atoms with van der Waals surface area (Å²) in [6.45, 7) is 9.12. The van der Waals surface area contributed by atoms with Gasteiger partial charge in [0.15, 0.2) is 0 Å². The smallest absolute Gasteiger partial charge is 0.145 e. The van der Waals surface area contributed by atoms with Crippen molar-refractivity contribution in [3.8, 4) is 22.6 Å². The minimum absolute atomic E-state index is 0.419. The van der Waals surface area contributed by atoms with Gasteiger partial charge in [0, 0.05) is 58.7 Å². The second kappa shape index (κ2) is 10.4. The molecule has 6 heteroatoms. The molecule has 0 aliphatic rings. The Hall–Kier alpha value is -5.75. The van der Waals surface area contributed by atoms with Crippen LogP contribution in [0, 0.1) is 0 Å². The second-order valence-corrected chi connectivity index (χ2v) is 13.0. The van der Waals surface area contributed by atoms with Crippen LogP contribution in [0.3, 0.4) is 0 Å². The van der Waals surface area contributed by atoms with E-state index in [2.05, 4.69) is 113 Å². The third kappa shape index (κ3) is 4.21. The number of hydrogen-bond acceptors (Lipinski definition) is 4. The van der Waals surface area contributed by atoms with Crippen molar-refractivity contribution in [1.29, 1.82) is 0 Å². The summed E-state index contributed by atoms with van der Waals surface area (Å²) < 4.78 is 10.9. The van der Waals surface area contributed by atoms with Crippen LogP contribution in [-0.2, 0) is 0 Å². The fraction of sp³-hybridized carbons (Fsp3) is 0.146. The lowest BCUT2D eigenvalue weighted by atomic mass is 9.84. The predicted molar refractivity (Wildman–Crippen MR) is 192 cm³/mol. The minimum atomic E-state index is 0.419. The highest BCUT2D eigenvalue weighted by Gasteiger charge is 2.18. The first-order chi connectivity index (χ1) is 23.0. The molecule has 47 heavy (non-hydrogen) atoms. The van der Waals surface area contributed by atoms with Crippen molar-refractivity contribution in [1.82, 2.24) is 23.8 Å². The van der Waals surface area contributed by atoms with Gasteiger partial charge in [0.2, 0.25) is 0 Å². The Bertz CT molecular complexity index is 2650.